The van der Waals surface area contributed by atoms with Gasteiger partial charge >= 0.3 is 6.18 Å². The van der Waals surface area contributed by atoms with Crippen LogP contribution in [-0.2, 0) is 5.54 Å². The monoisotopic (exact) mass is 470 g/mol. The molecule has 0 spiro atoms. The molecule has 32 heavy (non-hydrogen) atoms. The Hall–Kier alpha value is -2.37. The number of benzene rings is 1. The number of amides is 1. The summed E-state index contributed by atoms with van der Waals surface area (Å²) >= 11 is 1.61. The molecule has 1 aliphatic heterocycles. The normalized spacial score (nSPS) is 25.3. The molecule has 1 unspecified atom stereocenters. The molecule has 6 nitrogen and oxygen atoms in total. The number of carbonyl (C=O) groups excluding carboxylic acids is 1. The average Bonchev–Trinajstić information content (AvgIpc) is 3.17. The highest BCUT2D eigenvalue weighted by atomic mass is 32.2. The van der Waals surface area contributed by atoms with Gasteiger partial charge in [-0.3, -0.25) is 10.1 Å². The maximum Gasteiger partial charge on any atom is 0.422 e. The number of ether oxygens (including phenoxy) is 1. The first-order valence-electron chi connectivity index (χ1n) is 10.1. The highest BCUT2D eigenvalue weighted by Gasteiger charge is 2.49. The molecule has 1 saturated heterocycles. The quantitative estimate of drug-likeness (QED) is 0.573. The number of anilines is 1. The van der Waals surface area contributed by atoms with Crippen molar-refractivity contribution in [3.8, 4) is 5.75 Å². The topological polar surface area (TPSA) is 89.3 Å². The largest absolute Gasteiger partial charge is 0.483 e. The van der Waals surface area contributed by atoms with Crippen LogP contribution in [0.4, 0.5) is 23.2 Å². The number of rotatable bonds is 5. The van der Waals surface area contributed by atoms with E-state index in [4.69, 9.17) is 5.73 Å². The molecule has 2 heterocycles. The van der Waals surface area contributed by atoms with E-state index >= 15 is 0 Å². The fraction of sp³-hybridized carbons (Fsp3) is 0.429. The number of alkyl halides is 3. The zero-order valence-electron chi connectivity index (χ0n) is 16.9. The van der Waals surface area contributed by atoms with Crippen LogP contribution in [-0.4, -0.2) is 34.9 Å². The van der Waals surface area contributed by atoms with Crippen molar-refractivity contribution in [2.45, 2.75) is 36.5 Å². The van der Waals surface area contributed by atoms with Crippen LogP contribution >= 0.6 is 11.8 Å². The van der Waals surface area contributed by atoms with Crippen molar-refractivity contribution in [3.63, 3.8) is 0 Å². The molecular weight excluding hydrogens is 448 g/mol. The fourth-order valence-corrected chi connectivity index (χ4v) is 5.53. The van der Waals surface area contributed by atoms with Crippen LogP contribution in [0.2, 0.25) is 0 Å². The van der Waals surface area contributed by atoms with Gasteiger partial charge < -0.3 is 15.8 Å². The number of aromatic nitrogens is 1. The highest BCUT2D eigenvalue weighted by molar-refractivity contribution is 7.99. The standard InChI is InChI=1S/C21H22F4N4O2S/c22-16-5-3-13(8-15(16)20-7-1-2-12(20)10-32-19(26)29-20)28-18(30)17-6-4-14(9-27-17)31-11-21(23,24)25/h3-6,8-9,12,19,29H,1-2,7,10-11,26H2,(H,28,30)/t12-,19?,20-/m0/s1. The zero-order valence-corrected chi connectivity index (χ0v) is 17.7. The molecule has 0 radical (unpaired) electrons. The first-order chi connectivity index (χ1) is 15.2. The van der Waals surface area contributed by atoms with E-state index in [1.807, 2.05) is 0 Å². The molecule has 1 saturated carbocycles. The van der Waals surface area contributed by atoms with Crippen LogP contribution in [0.15, 0.2) is 36.5 Å². The molecule has 0 bridgehead atoms. The Bertz CT molecular complexity index is 989. The molecule has 1 aliphatic carbocycles. The molecule has 1 aromatic carbocycles. The van der Waals surface area contributed by atoms with Gasteiger partial charge in [-0.25, -0.2) is 9.37 Å². The molecule has 3 atom stereocenters. The predicted octanol–water partition coefficient (Wildman–Crippen LogP) is 3.99. The molecule has 4 N–H and O–H groups in total. The molecule has 2 fully saturated rings. The second-order valence-corrected chi connectivity index (χ2v) is 9.07. The van der Waals surface area contributed by atoms with Crippen molar-refractivity contribution in [2.24, 2.45) is 11.7 Å². The van der Waals surface area contributed by atoms with E-state index in [2.05, 4.69) is 20.4 Å². The molecule has 1 aromatic heterocycles. The summed E-state index contributed by atoms with van der Waals surface area (Å²) in [6.45, 7) is -1.45. The van der Waals surface area contributed by atoms with Crippen LogP contribution in [0.3, 0.4) is 0 Å². The van der Waals surface area contributed by atoms with Gasteiger partial charge in [-0.15, -0.1) is 11.8 Å². The van der Waals surface area contributed by atoms with Gasteiger partial charge in [0.15, 0.2) is 6.61 Å². The number of hydrogen-bond donors (Lipinski definition) is 3. The summed E-state index contributed by atoms with van der Waals surface area (Å²) in [5.41, 5.74) is 6.06. The summed E-state index contributed by atoms with van der Waals surface area (Å²) in [6.07, 6.45) is -0.752. The fourth-order valence-electron chi connectivity index (χ4n) is 4.35. The van der Waals surface area contributed by atoms with Gasteiger partial charge in [0.25, 0.3) is 5.91 Å². The number of nitrogens with zero attached hydrogens (tertiary/aromatic N) is 1. The van der Waals surface area contributed by atoms with E-state index in [-0.39, 0.29) is 28.7 Å². The summed E-state index contributed by atoms with van der Waals surface area (Å²) in [4.78, 5) is 16.4. The number of halogens is 4. The lowest BCUT2D eigenvalue weighted by molar-refractivity contribution is -0.153. The van der Waals surface area contributed by atoms with Crippen LogP contribution in [0.1, 0.15) is 35.3 Å². The minimum atomic E-state index is -4.47. The predicted molar refractivity (Wildman–Crippen MR) is 113 cm³/mol. The first kappa shape index (κ1) is 22.8. The second kappa shape index (κ2) is 8.87. The summed E-state index contributed by atoms with van der Waals surface area (Å²) in [5.74, 6) is 0.0160. The van der Waals surface area contributed by atoms with Crippen molar-refractivity contribution in [2.75, 3.05) is 17.7 Å². The third-order valence-corrected chi connectivity index (χ3v) is 6.85. The molecule has 1 amide bonds. The molecule has 172 valence electrons. The number of pyridine rings is 1. The number of thioether (sulfide) groups is 1. The third-order valence-electron chi connectivity index (χ3n) is 5.77. The Kier molecular flexibility index (Phi) is 6.33. The smallest absolute Gasteiger partial charge is 0.422 e. The van der Waals surface area contributed by atoms with Gasteiger partial charge in [0.05, 0.1) is 11.7 Å². The van der Waals surface area contributed by atoms with Crippen LogP contribution in [0.25, 0.3) is 0 Å². The van der Waals surface area contributed by atoms with Crippen LogP contribution in [0.5, 0.6) is 5.75 Å². The number of nitrogens with two attached hydrogens (primary N) is 1. The molecular formula is C21H22F4N4O2S. The molecule has 4 rings (SSSR count). The van der Waals surface area contributed by atoms with Gasteiger partial charge in [-0.05, 0) is 49.1 Å². The number of carbonyl (C=O) groups is 1. The van der Waals surface area contributed by atoms with E-state index in [1.165, 1.54) is 24.3 Å². The Labute approximate surface area is 186 Å². The molecule has 2 aromatic rings. The highest BCUT2D eigenvalue weighted by Crippen LogP contribution is 2.49. The Morgan fingerprint density at radius 1 is 1.34 bits per heavy atom. The minimum Gasteiger partial charge on any atom is -0.483 e. The molecule has 2 aliphatic rings. The van der Waals surface area contributed by atoms with Gasteiger partial charge in [0, 0.05) is 17.0 Å². The third kappa shape index (κ3) is 4.84. The maximum absolute atomic E-state index is 14.9. The summed E-state index contributed by atoms with van der Waals surface area (Å²) < 4.78 is 56.2. The SMILES string of the molecule is NC1N[C@@]2(c3cc(NC(=O)c4ccc(OCC(F)(F)F)cn4)ccc3F)CCC[C@H]2CS1. The van der Waals surface area contributed by atoms with Gasteiger partial charge in [0.2, 0.25) is 0 Å². The van der Waals surface area contributed by atoms with E-state index in [9.17, 15) is 22.4 Å². The van der Waals surface area contributed by atoms with E-state index < -0.39 is 24.2 Å². The lowest BCUT2D eigenvalue weighted by Gasteiger charge is -2.43. The van der Waals surface area contributed by atoms with Crippen LogP contribution in [0, 0.1) is 11.7 Å². The summed E-state index contributed by atoms with van der Waals surface area (Å²) in [7, 11) is 0. The second-order valence-electron chi connectivity index (χ2n) is 7.89. The zero-order chi connectivity index (χ0) is 22.9. The number of hydrogen-bond acceptors (Lipinski definition) is 6. The summed E-state index contributed by atoms with van der Waals surface area (Å²) in [5, 5.41) is 6.05. The van der Waals surface area contributed by atoms with E-state index in [0.29, 0.717) is 11.3 Å². The first-order valence-corrected chi connectivity index (χ1v) is 11.1. The molecule has 11 heteroatoms. The van der Waals surface area contributed by atoms with Crippen molar-refractivity contribution >= 4 is 23.4 Å². The lowest BCUT2D eigenvalue weighted by Crippen LogP contribution is -2.57. The Morgan fingerprint density at radius 2 is 2.16 bits per heavy atom. The number of nitrogens with one attached hydrogen (secondary N) is 2. The Balaban J connectivity index is 1.50. The van der Waals surface area contributed by atoms with Gasteiger partial charge in [0.1, 0.15) is 22.8 Å². The van der Waals surface area contributed by atoms with Gasteiger partial charge in [-0.2, -0.15) is 13.2 Å². The minimum absolute atomic E-state index is 0.0126. The van der Waals surface area contributed by atoms with Crippen molar-refractivity contribution < 1.29 is 27.1 Å². The van der Waals surface area contributed by atoms with Crippen molar-refractivity contribution in [1.29, 1.82) is 0 Å². The van der Waals surface area contributed by atoms with E-state index in [1.54, 1.807) is 17.8 Å². The average molecular weight is 470 g/mol. The van der Waals surface area contributed by atoms with Crippen molar-refractivity contribution in [1.82, 2.24) is 10.3 Å². The van der Waals surface area contributed by atoms with Crippen molar-refractivity contribution in [3.05, 3.63) is 53.6 Å². The maximum atomic E-state index is 14.9. The number of fused-ring (bicyclic) bond motifs is 1. The Morgan fingerprint density at radius 3 is 2.88 bits per heavy atom. The van der Waals surface area contributed by atoms with Gasteiger partial charge in [-0.1, -0.05) is 6.42 Å². The van der Waals surface area contributed by atoms with Crippen LogP contribution < -0.4 is 21.1 Å². The summed E-state index contributed by atoms with van der Waals surface area (Å²) in [6, 6.07) is 6.87. The van der Waals surface area contributed by atoms with E-state index in [0.717, 1.165) is 31.2 Å². The lowest BCUT2D eigenvalue weighted by atomic mass is 9.80.